The molecule has 1 aliphatic carbocycles. The number of nitrogens with zero attached hydrogens (tertiary/aromatic N) is 2. The van der Waals surface area contributed by atoms with E-state index in [4.69, 9.17) is 16.3 Å². The molecule has 3 aromatic rings. The van der Waals surface area contributed by atoms with Gasteiger partial charge in [0.05, 0.1) is 0 Å². The number of fused-ring (bicyclic) bond motifs is 3. The maximum atomic E-state index is 12.2. The minimum Gasteiger partial charge on any atom is -0.449 e. The van der Waals surface area contributed by atoms with Crippen molar-refractivity contribution in [3.63, 3.8) is 0 Å². The van der Waals surface area contributed by atoms with Crippen LogP contribution in [0.3, 0.4) is 0 Å². The Labute approximate surface area is 178 Å². The first kappa shape index (κ1) is 20.3. The molecule has 2 unspecified atom stereocenters. The fourth-order valence-corrected chi connectivity index (χ4v) is 3.88. The molecule has 154 valence electrons. The second kappa shape index (κ2) is 8.79. The lowest BCUT2D eigenvalue weighted by atomic mass is 9.98. The lowest BCUT2D eigenvalue weighted by Crippen LogP contribution is -2.36. The van der Waals surface area contributed by atoms with Crippen molar-refractivity contribution in [3.8, 4) is 11.1 Å². The van der Waals surface area contributed by atoms with Gasteiger partial charge in [-0.3, -0.25) is 0 Å². The standard InChI is InChI=1S/C22H20ClN3O4/c23-21-17(9-24-12-26-21)20(28)19(27)10-25-22(29)30-11-18-15-7-3-1-5-13(15)14-6-2-4-8-16(14)18/h1-9,12,18-20,27-28H,10-11H2,(H,25,29). The first-order valence-corrected chi connectivity index (χ1v) is 9.84. The highest BCUT2D eigenvalue weighted by atomic mass is 35.5. The van der Waals surface area contributed by atoms with Gasteiger partial charge in [0.15, 0.2) is 0 Å². The SMILES string of the molecule is O=C(NCC(O)C(O)c1cncnc1Cl)OCC1c2ccccc2-c2ccccc21. The first-order chi connectivity index (χ1) is 14.6. The van der Waals surface area contributed by atoms with Crippen molar-refractivity contribution in [2.24, 2.45) is 0 Å². The maximum Gasteiger partial charge on any atom is 0.407 e. The van der Waals surface area contributed by atoms with Gasteiger partial charge < -0.3 is 20.3 Å². The number of aliphatic hydroxyl groups is 2. The number of rotatable bonds is 6. The van der Waals surface area contributed by atoms with E-state index in [2.05, 4.69) is 27.4 Å². The van der Waals surface area contributed by atoms with Crippen LogP contribution < -0.4 is 5.32 Å². The number of halogens is 1. The summed E-state index contributed by atoms with van der Waals surface area (Å²) in [6.07, 6.45) is -0.767. The average Bonchev–Trinajstić information content (AvgIpc) is 3.09. The number of ether oxygens (including phenoxy) is 1. The monoisotopic (exact) mass is 425 g/mol. The number of aliphatic hydroxyl groups excluding tert-OH is 2. The number of alkyl carbamates (subject to hydrolysis) is 1. The van der Waals surface area contributed by atoms with Crippen LogP contribution >= 0.6 is 11.6 Å². The van der Waals surface area contributed by atoms with Crippen LogP contribution in [0.1, 0.15) is 28.7 Å². The van der Waals surface area contributed by atoms with E-state index in [0.717, 1.165) is 22.3 Å². The van der Waals surface area contributed by atoms with Crippen LogP contribution in [0.25, 0.3) is 11.1 Å². The summed E-state index contributed by atoms with van der Waals surface area (Å²) in [5.74, 6) is -0.0565. The Morgan fingerprint density at radius 3 is 2.37 bits per heavy atom. The molecular formula is C22H20ClN3O4. The molecule has 30 heavy (non-hydrogen) atoms. The molecule has 1 aromatic heterocycles. The summed E-state index contributed by atoms with van der Waals surface area (Å²) in [5.41, 5.74) is 4.69. The number of nitrogens with one attached hydrogen (secondary N) is 1. The number of hydrogen-bond acceptors (Lipinski definition) is 6. The summed E-state index contributed by atoms with van der Waals surface area (Å²) < 4.78 is 5.41. The van der Waals surface area contributed by atoms with Crippen LogP contribution in [0.2, 0.25) is 5.15 Å². The molecule has 7 nitrogen and oxygen atoms in total. The van der Waals surface area contributed by atoms with Crippen molar-refractivity contribution in [3.05, 3.63) is 82.9 Å². The van der Waals surface area contributed by atoms with Crippen LogP contribution in [-0.2, 0) is 4.74 Å². The van der Waals surface area contributed by atoms with Crippen molar-refractivity contribution in [1.29, 1.82) is 0 Å². The van der Waals surface area contributed by atoms with Gasteiger partial charge in [0, 0.05) is 24.2 Å². The summed E-state index contributed by atoms with van der Waals surface area (Å²) in [6.45, 7) is -0.0556. The molecule has 0 spiro atoms. The summed E-state index contributed by atoms with van der Waals surface area (Å²) in [7, 11) is 0. The molecule has 0 fully saturated rings. The van der Waals surface area contributed by atoms with Gasteiger partial charge in [-0.2, -0.15) is 0 Å². The molecule has 3 N–H and O–H groups in total. The molecule has 0 aliphatic heterocycles. The van der Waals surface area contributed by atoms with E-state index in [1.807, 2.05) is 36.4 Å². The van der Waals surface area contributed by atoms with Gasteiger partial charge in [-0.1, -0.05) is 60.1 Å². The number of hydrogen-bond donors (Lipinski definition) is 3. The summed E-state index contributed by atoms with van der Waals surface area (Å²) in [6, 6.07) is 16.1. The van der Waals surface area contributed by atoms with Crippen molar-refractivity contribution in [2.45, 2.75) is 18.1 Å². The lowest BCUT2D eigenvalue weighted by Gasteiger charge is -2.19. The molecule has 2 aromatic carbocycles. The molecule has 0 saturated carbocycles. The second-order valence-corrected chi connectivity index (χ2v) is 7.35. The fraction of sp³-hybridized carbons (Fsp3) is 0.227. The van der Waals surface area contributed by atoms with Crippen molar-refractivity contribution >= 4 is 17.7 Å². The average molecular weight is 426 g/mol. The van der Waals surface area contributed by atoms with Gasteiger partial charge in [-0.15, -0.1) is 0 Å². The Bertz CT molecular complexity index is 1020. The van der Waals surface area contributed by atoms with E-state index in [-0.39, 0.29) is 29.8 Å². The zero-order chi connectivity index (χ0) is 21.1. The summed E-state index contributed by atoms with van der Waals surface area (Å²) in [5, 5.41) is 22.9. The van der Waals surface area contributed by atoms with Crippen molar-refractivity contribution in [1.82, 2.24) is 15.3 Å². The number of carbonyl (C=O) groups is 1. The Kier molecular flexibility index (Phi) is 5.94. The van der Waals surface area contributed by atoms with E-state index in [9.17, 15) is 15.0 Å². The van der Waals surface area contributed by atoms with E-state index in [1.165, 1.54) is 12.5 Å². The largest absolute Gasteiger partial charge is 0.449 e. The molecule has 8 heteroatoms. The van der Waals surface area contributed by atoms with E-state index >= 15 is 0 Å². The highest BCUT2D eigenvalue weighted by Gasteiger charge is 2.29. The molecular weight excluding hydrogens is 406 g/mol. The van der Waals surface area contributed by atoms with Gasteiger partial charge in [0.2, 0.25) is 0 Å². The molecule has 4 rings (SSSR count). The minimum atomic E-state index is -1.34. The predicted molar refractivity (Wildman–Crippen MR) is 111 cm³/mol. The third-order valence-electron chi connectivity index (χ3n) is 5.17. The Hall–Kier alpha value is -3.00. The van der Waals surface area contributed by atoms with Crippen LogP contribution in [0.4, 0.5) is 4.79 Å². The lowest BCUT2D eigenvalue weighted by molar-refractivity contribution is 0.0182. The molecule has 0 bridgehead atoms. The maximum absolute atomic E-state index is 12.2. The summed E-state index contributed by atoms with van der Waals surface area (Å²) >= 11 is 5.90. The molecule has 1 amide bonds. The van der Waals surface area contributed by atoms with Gasteiger partial charge in [0.1, 0.15) is 30.3 Å². The second-order valence-electron chi connectivity index (χ2n) is 6.99. The molecule has 0 radical (unpaired) electrons. The quantitative estimate of drug-likeness (QED) is 0.524. The van der Waals surface area contributed by atoms with Crippen LogP contribution in [0.5, 0.6) is 0 Å². The van der Waals surface area contributed by atoms with Gasteiger partial charge in [-0.25, -0.2) is 14.8 Å². The van der Waals surface area contributed by atoms with E-state index in [0.29, 0.717) is 0 Å². The Balaban J connectivity index is 1.35. The van der Waals surface area contributed by atoms with Gasteiger partial charge in [-0.05, 0) is 22.3 Å². The molecule has 2 atom stereocenters. The number of carbonyl (C=O) groups excluding carboxylic acids is 1. The minimum absolute atomic E-state index is 0.0395. The van der Waals surface area contributed by atoms with Gasteiger partial charge in [0.25, 0.3) is 0 Å². The first-order valence-electron chi connectivity index (χ1n) is 9.46. The topological polar surface area (TPSA) is 105 Å². The zero-order valence-electron chi connectivity index (χ0n) is 15.9. The third kappa shape index (κ3) is 4.00. The molecule has 1 aliphatic rings. The highest BCUT2D eigenvalue weighted by Crippen LogP contribution is 2.44. The van der Waals surface area contributed by atoms with Crippen molar-refractivity contribution in [2.75, 3.05) is 13.2 Å². The molecule has 0 saturated heterocycles. The van der Waals surface area contributed by atoms with Crippen LogP contribution in [0, 0.1) is 0 Å². The normalized spacial score (nSPS) is 14.5. The number of benzene rings is 2. The Morgan fingerprint density at radius 2 is 1.73 bits per heavy atom. The Morgan fingerprint density at radius 1 is 1.10 bits per heavy atom. The summed E-state index contributed by atoms with van der Waals surface area (Å²) in [4.78, 5) is 19.7. The predicted octanol–water partition coefficient (Wildman–Crippen LogP) is 3.06. The fourth-order valence-electron chi connectivity index (χ4n) is 3.68. The van der Waals surface area contributed by atoms with Crippen LogP contribution in [0.15, 0.2) is 61.1 Å². The smallest absolute Gasteiger partial charge is 0.407 e. The number of amides is 1. The van der Waals surface area contributed by atoms with E-state index in [1.54, 1.807) is 0 Å². The zero-order valence-corrected chi connectivity index (χ0v) is 16.7. The molecule has 1 heterocycles. The van der Waals surface area contributed by atoms with E-state index < -0.39 is 18.3 Å². The highest BCUT2D eigenvalue weighted by molar-refractivity contribution is 6.30. The van der Waals surface area contributed by atoms with Crippen LogP contribution in [-0.4, -0.2) is 45.5 Å². The van der Waals surface area contributed by atoms with Gasteiger partial charge >= 0.3 is 6.09 Å². The van der Waals surface area contributed by atoms with Crippen molar-refractivity contribution < 1.29 is 19.7 Å². The number of aromatic nitrogens is 2. The third-order valence-corrected chi connectivity index (χ3v) is 5.49.